The van der Waals surface area contributed by atoms with Gasteiger partial charge in [-0.25, -0.2) is 0 Å². The summed E-state index contributed by atoms with van der Waals surface area (Å²) >= 11 is 0. The SMILES string of the molecule is CC(=O)c1ccc(-c2ccc(-c3ccc(C(C)=O)cc3)n2C)cc1. The number of hydrogen-bond acceptors (Lipinski definition) is 2. The molecule has 3 nitrogen and oxygen atoms in total. The standard InChI is InChI=1S/C21H19NO2/c1-14(23)16-4-8-18(9-5-16)20-12-13-21(22(20)3)19-10-6-17(7-11-19)15(2)24/h4-13H,1-3H3. The number of hydrogen-bond donors (Lipinski definition) is 0. The Kier molecular flexibility index (Phi) is 4.17. The zero-order valence-electron chi connectivity index (χ0n) is 14.0. The number of rotatable bonds is 4. The molecular formula is C21H19NO2. The highest BCUT2D eigenvalue weighted by atomic mass is 16.1. The number of aromatic nitrogens is 1. The average molecular weight is 317 g/mol. The fourth-order valence-corrected chi connectivity index (χ4v) is 2.84. The molecule has 0 aliphatic heterocycles. The number of ketones is 2. The molecule has 3 heteroatoms. The lowest BCUT2D eigenvalue weighted by Crippen LogP contribution is -1.96. The van der Waals surface area contributed by atoms with Crippen LogP contribution in [-0.4, -0.2) is 16.1 Å². The van der Waals surface area contributed by atoms with Crippen LogP contribution >= 0.6 is 0 Å². The van der Waals surface area contributed by atoms with E-state index in [1.807, 2.05) is 55.6 Å². The topological polar surface area (TPSA) is 39.1 Å². The first-order valence-corrected chi connectivity index (χ1v) is 7.86. The van der Waals surface area contributed by atoms with Gasteiger partial charge in [0.1, 0.15) is 0 Å². The van der Waals surface area contributed by atoms with E-state index in [0.717, 1.165) is 22.5 Å². The van der Waals surface area contributed by atoms with E-state index in [2.05, 4.69) is 16.7 Å². The van der Waals surface area contributed by atoms with Crippen molar-refractivity contribution in [2.45, 2.75) is 13.8 Å². The van der Waals surface area contributed by atoms with E-state index in [-0.39, 0.29) is 11.6 Å². The van der Waals surface area contributed by atoms with Gasteiger partial charge < -0.3 is 4.57 Å². The lowest BCUT2D eigenvalue weighted by molar-refractivity contribution is 0.100. The van der Waals surface area contributed by atoms with Gasteiger partial charge >= 0.3 is 0 Å². The minimum Gasteiger partial charge on any atom is -0.344 e. The smallest absolute Gasteiger partial charge is 0.159 e. The van der Waals surface area contributed by atoms with Crippen molar-refractivity contribution in [1.29, 1.82) is 0 Å². The molecule has 0 aliphatic rings. The summed E-state index contributed by atoms with van der Waals surface area (Å²) in [5.74, 6) is 0.138. The lowest BCUT2D eigenvalue weighted by atomic mass is 10.1. The fraction of sp³-hybridized carbons (Fsp3) is 0.143. The number of nitrogens with zero attached hydrogens (tertiary/aromatic N) is 1. The van der Waals surface area contributed by atoms with Gasteiger partial charge in [-0.1, -0.05) is 48.5 Å². The summed E-state index contributed by atoms with van der Waals surface area (Å²) in [5.41, 5.74) is 5.72. The maximum atomic E-state index is 11.4. The Morgan fingerprint density at radius 3 is 1.25 bits per heavy atom. The quantitative estimate of drug-likeness (QED) is 0.651. The number of benzene rings is 2. The van der Waals surface area contributed by atoms with Crippen LogP contribution in [0.2, 0.25) is 0 Å². The van der Waals surface area contributed by atoms with Gasteiger partial charge in [-0.05, 0) is 37.1 Å². The Hall–Kier alpha value is -2.94. The third-order valence-electron chi connectivity index (χ3n) is 4.30. The lowest BCUT2D eigenvalue weighted by Gasteiger charge is -2.09. The molecule has 0 aliphatic carbocycles. The molecule has 0 bridgehead atoms. The van der Waals surface area contributed by atoms with E-state index in [1.165, 1.54) is 0 Å². The number of carbonyl (C=O) groups is 2. The second-order valence-corrected chi connectivity index (χ2v) is 5.93. The Morgan fingerprint density at radius 2 is 0.958 bits per heavy atom. The highest BCUT2D eigenvalue weighted by Gasteiger charge is 2.10. The molecule has 0 fully saturated rings. The van der Waals surface area contributed by atoms with Gasteiger partial charge in [-0.2, -0.15) is 0 Å². The first-order valence-electron chi connectivity index (χ1n) is 7.86. The van der Waals surface area contributed by atoms with E-state index < -0.39 is 0 Å². The van der Waals surface area contributed by atoms with E-state index in [4.69, 9.17) is 0 Å². The molecule has 3 aromatic rings. The zero-order valence-corrected chi connectivity index (χ0v) is 14.0. The molecule has 2 aromatic carbocycles. The van der Waals surface area contributed by atoms with Gasteiger partial charge in [0.2, 0.25) is 0 Å². The predicted molar refractivity (Wildman–Crippen MR) is 96.3 cm³/mol. The minimum absolute atomic E-state index is 0.0691. The minimum atomic E-state index is 0.0691. The summed E-state index contributed by atoms with van der Waals surface area (Å²) in [6.45, 7) is 3.14. The van der Waals surface area contributed by atoms with Crippen LogP contribution < -0.4 is 0 Å². The second kappa shape index (κ2) is 6.28. The normalized spacial score (nSPS) is 10.6. The summed E-state index contributed by atoms with van der Waals surface area (Å²) in [4.78, 5) is 22.8. The molecule has 24 heavy (non-hydrogen) atoms. The summed E-state index contributed by atoms with van der Waals surface area (Å²) in [6, 6.07) is 19.4. The molecule has 0 spiro atoms. The van der Waals surface area contributed by atoms with Crippen molar-refractivity contribution < 1.29 is 9.59 Å². The van der Waals surface area contributed by atoms with E-state index in [1.54, 1.807) is 13.8 Å². The fourth-order valence-electron chi connectivity index (χ4n) is 2.84. The van der Waals surface area contributed by atoms with E-state index >= 15 is 0 Å². The van der Waals surface area contributed by atoms with Gasteiger partial charge in [0.05, 0.1) is 0 Å². The van der Waals surface area contributed by atoms with Gasteiger partial charge in [-0.15, -0.1) is 0 Å². The number of Topliss-reactive ketones (excluding diaryl/α,β-unsaturated/α-hetero) is 2. The molecule has 120 valence electrons. The molecule has 3 rings (SSSR count). The summed E-state index contributed by atoms with van der Waals surface area (Å²) < 4.78 is 2.12. The third kappa shape index (κ3) is 2.93. The molecule has 0 saturated heterocycles. The largest absolute Gasteiger partial charge is 0.344 e. The molecule has 0 amide bonds. The first kappa shape index (κ1) is 15.9. The van der Waals surface area contributed by atoms with Crippen LogP contribution in [0, 0.1) is 0 Å². The molecule has 0 saturated carbocycles. The van der Waals surface area contributed by atoms with Crippen molar-refractivity contribution in [1.82, 2.24) is 4.57 Å². The molecule has 1 heterocycles. The van der Waals surface area contributed by atoms with Crippen LogP contribution in [0.1, 0.15) is 34.6 Å². The molecule has 0 radical (unpaired) electrons. The van der Waals surface area contributed by atoms with Crippen LogP contribution in [-0.2, 0) is 7.05 Å². The van der Waals surface area contributed by atoms with Gasteiger partial charge in [0, 0.05) is 29.6 Å². The maximum absolute atomic E-state index is 11.4. The second-order valence-electron chi connectivity index (χ2n) is 5.93. The Bertz CT molecular complexity index is 825. The van der Waals surface area contributed by atoms with Crippen LogP contribution in [0.4, 0.5) is 0 Å². The predicted octanol–water partition coefficient (Wildman–Crippen LogP) is 4.76. The average Bonchev–Trinajstić information content (AvgIpc) is 2.96. The van der Waals surface area contributed by atoms with Crippen molar-refractivity contribution in [3.63, 3.8) is 0 Å². The highest BCUT2D eigenvalue weighted by Crippen LogP contribution is 2.28. The van der Waals surface area contributed by atoms with Gasteiger partial charge in [-0.3, -0.25) is 9.59 Å². The zero-order chi connectivity index (χ0) is 17.3. The Balaban J connectivity index is 1.96. The molecule has 1 aromatic heterocycles. The van der Waals surface area contributed by atoms with E-state index in [9.17, 15) is 9.59 Å². The Labute approximate surface area is 141 Å². The summed E-state index contributed by atoms with van der Waals surface area (Å²) in [7, 11) is 2.02. The van der Waals surface area contributed by atoms with Crippen LogP contribution in [0.25, 0.3) is 22.5 Å². The first-order chi connectivity index (χ1) is 11.5. The van der Waals surface area contributed by atoms with Crippen molar-refractivity contribution in [2.24, 2.45) is 7.05 Å². The van der Waals surface area contributed by atoms with Crippen molar-refractivity contribution >= 4 is 11.6 Å². The van der Waals surface area contributed by atoms with Crippen molar-refractivity contribution in [3.8, 4) is 22.5 Å². The summed E-state index contributed by atoms with van der Waals surface area (Å²) in [6.07, 6.45) is 0. The molecule has 0 unspecified atom stereocenters. The van der Waals surface area contributed by atoms with Gasteiger partial charge in [0.15, 0.2) is 11.6 Å². The highest BCUT2D eigenvalue weighted by molar-refractivity contribution is 5.95. The summed E-state index contributed by atoms with van der Waals surface area (Å²) in [5, 5.41) is 0. The van der Waals surface area contributed by atoms with Crippen LogP contribution in [0.15, 0.2) is 60.7 Å². The van der Waals surface area contributed by atoms with Crippen LogP contribution in [0.3, 0.4) is 0 Å². The van der Waals surface area contributed by atoms with Crippen molar-refractivity contribution in [2.75, 3.05) is 0 Å². The Morgan fingerprint density at radius 1 is 0.625 bits per heavy atom. The third-order valence-corrected chi connectivity index (χ3v) is 4.30. The maximum Gasteiger partial charge on any atom is 0.159 e. The van der Waals surface area contributed by atoms with Crippen molar-refractivity contribution in [3.05, 3.63) is 71.8 Å². The monoisotopic (exact) mass is 317 g/mol. The molecular weight excluding hydrogens is 298 g/mol. The van der Waals surface area contributed by atoms with Gasteiger partial charge in [0.25, 0.3) is 0 Å². The van der Waals surface area contributed by atoms with E-state index in [0.29, 0.717) is 11.1 Å². The molecule has 0 atom stereocenters. The molecule has 0 N–H and O–H groups in total. The van der Waals surface area contributed by atoms with Crippen LogP contribution in [0.5, 0.6) is 0 Å². The number of carbonyl (C=O) groups excluding carboxylic acids is 2.